The van der Waals surface area contributed by atoms with E-state index in [1.54, 1.807) is 0 Å². The first-order chi connectivity index (χ1) is 7.33. The molecule has 0 atom stereocenters. The average Bonchev–Trinajstić information content (AvgIpc) is 2.67. The first-order valence-electron chi connectivity index (χ1n) is 6.38. The number of aromatic nitrogens is 2. The third-order valence-corrected chi connectivity index (χ3v) is 3.72. The Morgan fingerprint density at radius 1 is 1.19 bits per heavy atom. The van der Waals surface area contributed by atoms with Gasteiger partial charge in [0.2, 0.25) is 0 Å². The molecule has 16 heavy (non-hydrogen) atoms. The van der Waals surface area contributed by atoms with E-state index in [1.165, 1.54) is 18.5 Å². The van der Waals surface area contributed by atoms with Gasteiger partial charge in [-0.25, -0.2) is 4.98 Å². The molecule has 2 heteroatoms. The fourth-order valence-electron chi connectivity index (χ4n) is 1.94. The molecule has 0 aliphatic heterocycles. The van der Waals surface area contributed by atoms with Gasteiger partial charge in [0.1, 0.15) is 0 Å². The van der Waals surface area contributed by atoms with Gasteiger partial charge >= 0.3 is 0 Å². The second kappa shape index (κ2) is 4.60. The van der Waals surface area contributed by atoms with Crippen LogP contribution >= 0.6 is 0 Å². The summed E-state index contributed by atoms with van der Waals surface area (Å²) in [5.74, 6) is 0. The maximum Gasteiger partial charge on any atom is 0.0954 e. The quantitative estimate of drug-likeness (QED) is 0.733. The fourth-order valence-corrected chi connectivity index (χ4v) is 1.94. The molecule has 0 aliphatic carbocycles. The largest absolute Gasteiger partial charge is 0.332 e. The van der Waals surface area contributed by atoms with Crippen molar-refractivity contribution in [3.63, 3.8) is 0 Å². The molecule has 0 bridgehead atoms. The van der Waals surface area contributed by atoms with Crippen LogP contribution < -0.4 is 0 Å². The number of rotatable bonds is 5. The van der Waals surface area contributed by atoms with Crippen molar-refractivity contribution in [1.82, 2.24) is 9.55 Å². The van der Waals surface area contributed by atoms with E-state index in [0.717, 1.165) is 6.42 Å². The van der Waals surface area contributed by atoms with E-state index in [9.17, 15) is 0 Å². The van der Waals surface area contributed by atoms with Crippen LogP contribution in [-0.4, -0.2) is 9.55 Å². The zero-order valence-corrected chi connectivity index (χ0v) is 11.7. The Morgan fingerprint density at radius 2 is 1.81 bits per heavy atom. The standard InChI is InChI=1S/C14H26N2/c1-7-9-13(3,4)12-10-16(11-15-12)14(5,6)8-2/h10-11H,7-9H2,1-6H3. The van der Waals surface area contributed by atoms with Gasteiger partial charge < -0.3 is 4.57 Å². The smallest absolute Gasteiger partial charge is 0.0954 e. The van der Waals surface area contributed by atoms with Crippen LogP contribution in [0.25, 0.3) is 0 Å². The Balaban J connectivity index is 2.95. The highest BCUT2D eigenvalue weighted by atomic mass is 15.1. The third-order valence-electron chi connectivity index (χ3n) is 3.72. The van der Waals surface area contributed by atoms with Gasteiger partial charge in [0.15, 0.2) is 0 Å². The van der Waals surface area contributed by atoms with Gasteiger partial charge in [-0.1, -0.05) is 34.1 Å². The van der Waals surface area contributed by atoms with Crippen molar-refractivity contribution >= 4 is 0 Å². The molecule has 0 amide bonds. The molecule has 1 rings (SSSR count). The van der Waals surface area contributed by atoms with E-state index < -0.39 is 0 Å². The highest BCUT2D eigenvalue weighted by Crippen LogP contribution is 2.29. The molecule has 0 saturated carbocycles. The Hall–Kier alpha value is -0.790. The van der Waals surface area contributed by atoms with Crippen LogP contribution in [0.4, 0.5) is 0 Å². The van der Waals surface area contributed by atoms with Gasteiger partial charge in [-0.3, -0.25) is 0 Å². The summed E-state index contributed by atoms with van der Waals surface area (Å²) in [5, 5.41) is 0. The lowest BCUT2D eigenvalue weighted by atomic mass is 9.85. The maximum atomic E-state index is 4.58. The molecule has 0 aromatic carbocycles. The van der Waals surface area contributed by atoms with Crippen molar-refractivity contribution in [3.05, 3.63) is 18.2 Å². The topological polar surface area (TPSA) is 17.8 Å². The van der Waals surface area contributed by atoms with E-state index in [0.29, 0.717) is 0 Å². The van der Waals surface area contributed by atoms with Crippen LogP contribution in [0.3, 0.4) is 0 Å². The Kier molecular flexibility index (Phi) is 3.82. The minimum Gasteiger partial charge on any atom is -0.332 e. The lowest BCUT2D eigenvalue weighted by Gasteiger charge is -2.25. The van der Waals surface area contributed by atoms with Crippen LogP contribution in [0.5, 0.6) is 0 Å². The van der Waals surface area contributed by atoms with E-state index in [4.69, 9.17) is 0 Å². The summed E-state index contributed by atoms with van der Waals surface area (Å²) in [7, 11) is 0. The summed E-state index contributed by atoms with van der Waals surface area (Å²) in [6, 6.07) is 0. The van der Waals surface area contributed by atoms with Gasteiger partial charge in [0, 0.05) is 17.2 Å². The lowest BCUT2D eigenvalue weighted by Crippen LogP contribution is -2.24. The summed E-state index contributed by atoms with van der Waals surface area (Å²) in [4.78, 5) is 4.58. The van der Waals surface area contributed by atoms with Crippen LogP contribution in [0.2, 0.25) is 0 Å². The zero-order chi connectivity index (χ0) is 12.4. The predicted octanol–water partition coefficient (Wildman–Crippen LogP) is 4.11. The highest BCUT2D eigenvalue weighted by Gasteiger charge is 2.25. The van der Waals surface area contributed by atoms with Crippen LogP contribution in [0.1, 0.15) is 66.5 Å². The molecule has 2 nitrogen and oxygen atoms in total. The lowest BCUT2D eigenvalue weighted by molar-refractivity contribution is 0.340. The third kappa shape index (κ3) is 2.66. The summed E-state index contributed by atoms with van der Waals surface area (Å²) in [6.07, 6.45) is 7.72. The monoisotopic (exact) mass is 222 g/mol. The van der Waals surface area contributed by atoms with Crippen molar-refractivity contribution in [2.75, 3.05) is 0 Å². The minimum atomic E-state index is 0.174. The summed E-state index contributed by atoms with van der Waals surface area (Å²) >= 11 is 0. The van der Waals surface area contributed by atoms with Crippen molar-refractivity contribution in [2.45, 2.75) is 71.8 Å². The average molecular weight is 222 g/mol. The molecule has 1 aromatic rings. The Bertz CT molecular complexity index is 334. The van der Waals surface area contributed by atoms with E-state index in [2.05, 4.69) is 57.3 Å². The molecule has 0 unspecified atom stereocenters. The molecule has 0 saturated heterocycles. The summed E-state index contributed by atoms with van der Waals surface area (Å²) in [6.45, 7) is 13.5. The van der Waals surface area contributed by atoms with Crippen LogP contribution in [0.15, 0.2) is 12.5 Å². The van der Waals surface area contributed by atoms with Gasteiger partial charge in [-0.2, -0.15) is 0 Å². The van der Waals surface area contributed by atoms with E-state index >= 15 is 0 Å². The van der Waals surface area contributed by atoms with Gasteiger partial charge in [0.05, 0.1) is 12.0 Å². The number of nitrogens with zero attached hydrogens (tertiary/aromatic N) is 2. The van der Waals surface area contributed by atoms with Gasteiger partial charge in [-0.05, 0) is 26.7 Å². The van der Waals surface area contributed by atoms with Crippen molar-refractivity contribution in [2.24, 2.45) is 0 Å². The molecule has 1 aromatic heterocycles. The van der Waals surface area contributed by atoms with Crippen molar-refractivity contribution in [1.29, 1.82) is 0 Å². The van der Waals surface area contributed by atoms with E-state index in [-0.39, 0.29) is 11.0 Å². The molecule has 0 N–H and O–H groups in total. The molecule has 0 fully saturated rings. The molecule has 0 aliphatic rings. The van der Waals surface area contributed by atoms with Gasteiger partial charge in [0.25, 0.3) is 0 Å². The molecular weight excluding hydrogens is 196 g/mol. The molecule has 1 heterocycles. The Morgan fingerprint density at radius 3 is 2.31 bits per heavy atom. The van der Waals surface area contributed by atoms with E-state index in [1.807, 2.05) is 6.33 Å². The predicted molar refractivity (Wildman–Crippen MR) is 69.8 cm³/mol. The number of imidazole rings is 1. The second-order valence-corrected chi connectivity index (χ2v) is 5.97. The second-order valence-electron chi connectivity index (χ2n) is 5.97. The summed E-state index contributed by atoms with van der Waals surface area (Å²) in [5.41, 5.74) is 1.59. The van der Waals surface area contributed by atoms with Crippen LogP contribution in [0, 0.1) is 0 Å². The van der Waals surface area contributed by atoms with Crippen molar-refractivity contribution in [3.8, 4) is 0 Å². The normalized spacial score (nSPS) is 13.1. The number of hydrogen-bond donors (Lipinski definition) is 0. The molecule has 0 radical (unpaired) electrons. The Labute approximate surface area is 100 Å². The van der Waals surface area contributed by atoms with Crippen LogP contribution in [-0.2, 0) is 11.0 Å². The first kappa shape index (κ1) is 13.3. The van der Waals surface area contributed by atoms with Gasteiger partial charge in [-0.15, -0.1) is 0 Å². The minimum absolute atomic E-state index is 0.174. The van der Waals surface area contributed by atoms with Crippen molar-refractivity contribution < 1.29 is 0 Å². The molecule has 0 spiro atoms. The SMILES string of the molecule is CCCC(C)(C)c1cn(C(C)(C)CC)cn1. The molecular formula is C14H26N2. The summed E-state index contributed by atoms with van der Waals surface area (Å²) < 4.78 is 2.25. The highest BCUT2D eigenvalue weighted by molar-refractivity contribution is 5.12. The number of hydrogen-bond acceptors (Lipinski definition) is 1. The zero-order valence-electron chi connectivity index (χ0n) is 11.7. The first-order valence-corrected chi connectivity index (χ1v) is 6.38. The maximum absolute atomic E-state index is 4.58. The molecule has 92 valence electrons. The fraction of sp³-hybridized carbons (Fsp3) is 0.786.